The van der Waals surface area contributed by atoms with Gasteiger partial charge in [-0.25, -0.2) is 0 Å². The van der Waals surface area contributed by atoms with Crippen LogP contribution in [0.15, 0.2) is 24.3 Å². The van der Waals surface area contributed by atoms with Gasteiger partial charge in [0.2, 0.25) is 0 Å². The van der Waals surface area contributed by atoms with Gasteiger partial charge in [0, 0.05) is 32.3 Å². The maximum atomic E-state index is 9.60. The first-order valence-corrected chi connectivity index (χ1v) is 7.37. The van der Waals surface area contributed by atoms with Crippen LogP contribution in [0.3, 0.4) is 0 Å². The molecule has 0 heterocycles. The van der Waals surface area contributed by atoms with E-state index in [1.54, 1.807) is 6.07 Å². The quantitative estimate of drug-likeness (QED) is 0.670. The van der Waals surface area contributed by atoms with Crippen molar-refractivity contribution in [2.75, 3.05) is 39.5 Å². The highest BCUT2D eigenvalue weighted by molar-refractivity contribution is 5.29. The van der Waals surface area contributed by atoms with Gasteiger partial charge in [0.1, 0.15) is 5.75 Å². The summed E-state index contributed by atoms with van der Waals surface area (Å²) in [6.07, 6.45) is 0. The molecule has 4 nitrogen and oxygen atoms in total. The van der Waals surface area contributed by atoms with Gasteiger partial charge < -0.3 is 14.6 Å². The number of hydrogen-bond acceptors (Lipinski definition) is 4. The van der Waals surface area contributed by atoms with Crippen LogP contribution in [0.25, 0.3) is 0 Å². The Labute approximate surface area is 122 Å². The summed E-state index contributed by atoms with van der Waals surface area (Å²) in [5.74, 6) is 0.309. The minimum atomic E-state index is 0.225. The molecule has 0 aromatic heterocycles. The number of hydrogen-bond donors (Lipinski definition) is 1. The summed E-state index contributed by atoms with van der Waals surface area (Å²) in [6, 6.07) is 7.66. The average molecular weight is 281 g/mol. The molecule has 114 valence electrons. The zero-order chi connectivity index (χ0) is 14.8. The second-order valence-electron chi connectivity index (χ2n) is 4.70. The van der Waals surface area contributed by atoms with Crippen molar-refractivity contribution >= 4 is 0 Å². The molecule has 1 rings (SSSR count). The van der Waals surface area contributed by atoms with Crippen molar-refractivity contribution in [2.45, 2.75) is 26.8 Å². The normalized spacial score (nSPS) is 12.8. The highest BCUT2D eigenvalue weighted by atomic mass is 16.5. The Morgan fingerprint density at radius 3 is 2.20 bits per heavy atom. The maximum Gasteiger partial charge on any atom is 0.115 e. The second-order valence-corrected chi connectivity index (χ2v) is 4.70. The summed E-state index contributed by atoms with van der Waals surface area (Å²) in [4.78, 5) is 2.32. The molecular formula is C16H27NO3. The van der Waals surface area contributed by atoms with Gasteiger partial charge in [0.15, 0.2) is 0 Å². The van der Waals surface area contributed by atoms with Crippen LogP contribution in [0.4, 0.5) is 0 Å². The van der Waals surface area contributed by atoms with Crippen molar-refractivity contribution in [2.24, 2.45) is 0 Å². The van der Waals surface area contributed by atoms with Crippen LogP contribution in [0.2, 0.25) is 0 Å². The molecule has 1 aromatic carbocycles. The molecule has 20 heavy (non-hydrogen) atoms. The predicted molar refractivity (Wildman–Crippen MR) is 81.1 cm³/mol. The molecule has 0 aliphatic heterocycles. The van der Waals surface area contributed by atoms with E-state index >= 15 is 0 Å². The van der Waals surface area contributed by atoms with Gasteiger partial charge in [-0.15, -0.1) is 0 Å². The fourth-order valence-electron chi connectivity index (χ4n) is 2.15. The maximum absolute atomic E-state index is 9.60. The largest absolute Gasteiger partial charge is 0.508 e. The first-order valence-electron chi connectivity index (χ1n) is 7.37. The Hall–Kier alpha value is -1.10. The van der Waals surface area contributed by atoms with Gasteiger partial charge in [-0.05, 0) is 38.5 Å². The van der Waals surface area contributed by atoms with Gasteiger partial charge >= 0.3 is 0 Å². The van der Waals surface area contributed by atoms with Gasteiger partial charge in [-0.3, -0.25) is 4.90 Å². The van der Waals surface area contributed by atoms with E-state index in [1.165, 1.54) is 0 Å². The van der Waals surface area contributed by atoms with E-state index in [2.05, 4.69) is 11.8 Å². The Balaban J connectivity index is 2.63. The molecule has 1 unspecified atom stereocenters. The Kier molecular flexibility index (Phi) is 8.26. The zero-order valence-electron chi connectivity index (χ0n) is 12.8. The SMILES string of the molecule is CCOCCN(CCOCC)C(C)c1cccc(O)c1. The Morgan fingerprint density at radius 1 is 1.10 bits per heavy atom. The second kappa shape index (κ2) is 9.75. The van der Waals surface area contributed by atoms with Crippen molar-refractivity contribution in [3.63, 3.8) is 0 Å². The smallest absolute Gasteiger partial charge is 0.115 e. The number of nitrogens with zero attached hydrogens (tertiary/aromatic N) is 1. The van der Waals surface area contributed by atoms with E-state index < -0.39 is 0 Å². The highest BCUT2D eigenvalue weighted by Gasteiger charge is 2.15. The van der Waals surface area contributed by atoms with E-state index in [9.17, 15) is 5.11 Å². The lowest BCUT2D eigenvalue weighted by molar-refractivity contribution is 0.0661. The lowest BCUT2D eigenvalue weighted by Gasteiger charge is -2.29. The zero-order valence-corrected chi connectivity index (χ0v) is 12.8. The first kappa shape index (κ1) is 17.0. The van der Waals surface area contributed by atoms with Crippen LogP contribution in [0.1, 0.15) is 32.4 Å². The fourth-order valence-corrected chi connectivity index (χ4v) is 2.15. The van der Waals surface area contributed by atoms with E-state index in [0.29, 0.717) is 19.0 Å². The predicted octanol–water partition coefficient (Wildman–Crippen LogP) is 2.83. The average Bonchev–Trinajstić information content (AvgIpc) is 2.45. The molecule has 1 N–H and O–H groups in total. The highest BCUT2D eigenvalue weighted by Crippen LogP contribution is 2.23. The van der Waals surface area contributed by atoms with Crippen molar-refractivity contribution in [3.8, 4) is 5.75 Å². The van der Waals surface area contributed by atoms with Crippen molar-refractivity contribution < 1.29 is 14.6 Å². The lowest BCUT2D eigenvalue weighted by atomic mass is 10.1. The number of phenolic OH excluding ortho intramolecular Hbond substituents is 1. The van der Waals surface area contributed by atoms with E-state index in [1.807, 2.05) is 32.0 Å². The van der Waals surface area contributed by atoms with Crippen molar-refractivity contribution in [1.82, 2.24) is 4.90 Å². The summed E-state index contributed by atoms with van der Waals surface area (Å²) < 4.78 is 10.9. The Morgan fingerprint density at radius 2 is 1.70 bits per heavy atom. The summed E-state index contributed by atoms with van der Waals surface area (Å²) in [7, 11) is 0. The van der Waals surface area contributed by atoms with E-state index in [0.717, 1.165) is 31.9 Å². The molecule has 0 aliphatic carbocycles. The number of aromatic hydroxyl groups is 1. The topological polar surface area (TPSA) is 41.9 Å². The monoisotopic (exact) mass is 281 g/mol. The summed E-state index contributed by atoms with van der Waals surface area (Å²) in [6.45, 7) is 10.8. The molecule has 1 aromatic rings. The first-order chi connectivity index (χ1) is 9.69. The minimum Gasteiger partial charge on any atom is -0.508 e. The number of rotatable bonds is 10. The van der Waals surface area contributed by atoms with Gasteiger partial charge in [0.05, 0.1) is 13.2 Å². The third kappa shape index (κ3) is 5.90. The van der Waals surface area contributed by atoms with E-state index in [-0.39, 0.29) is 6.04 Å². The molecule has 0 bridgehead atoms. The lowest BCUT2D eigenvalue weighted by Crippen LogP contribution is -2.33. The third-order valence-electron chi connectivity index (χ3n) is 3.35. The van der Waals surface area contributed by atoms with Crippen LogP contribution in [0.5, 0.6) is 5.75 Å². The molecule has 0 fully saturated rings. The minimum absolute atomic E-state index is 0.225. The van der Waals surface area contributed by atoms with Gasteiger partial charge in [-0.1, -0.05) is 12.1 Å². The van der Waals surface area contributed by atoms with Gasteiger partial charge in [0.25, 0.3) is 0 Å². The number of phenols is 1. The van der Waals surface area contributed by atoms with Gasteiger partial charge in [-0.2, -0.15) is 0 Å². The molecule has 0 saturated heterocycles. The molecule has 0 amide bonds. The molecule has 4 heteroatoms. The third-order valence-corrected chi connectivity index (χ3v) is 3.35. The van der Waals surface area contributed by atoms with E-state index in [4.69, 9.17) is 9.47 Å². The summed E-state index contributed by atoms with van der Waals surface area (Å²) in [5.41, 5.74) is 1.11. The van der Waals surface area contributed by atoms with Crippen LogP contribution < -0.4 is 0 Å². The van der Waals surface area contributed by atoms with Crippen molar-refractivity contribution in [1.29, 1.82) is 0 Å². The molecular weight excluding hydrogens is 254 g/mol. The summed E-state index contributed by atoms with van der Waals surface area (Å²) in [5, 5.41) is 9.60. The van der Waals surface area contributed by atoms with Crippen molar-refractivity contribution in [3.05, 3.63) is 29.8 Å². The molecule has 0 spiro atoms. The van der Waals surface area contributed by atoms with Crippen LogP contribution in [-0.4, -0.2) is 49.5 Å². The molecule has 0 radical (unpaired) electrons. The number of ether oxygens (including phenoxy) is 2. The molecule has 0 saturated carbocycles. The van der Waals surface area contributed by atoms with Crippen LogP contribution in [-0.2, 0) is 9.47 Å². The van der Waals surface area contributed by atoms with Crippen LogP contribution >= 0.6 is 0 Å². The summed E-state index contributed by atoms with van der Waals surface area (Å²) >= 11 is 0. The standard InChI is InChI=1S/C16H27NO3/c1-4-19-11-9-17(10-12-20-5-2)14(3)15-7-6-8-16(18)13-15/h6-8,13-14,18H,4-5,9-12H2,1-3H3. The molecule has 1 atom stereocenters. The number of benzene rings is 1. The Bertz CT molecular complexity index is 360. The fraction of sp³-hybridized carbons (Fsp3) is 0.625. The molecule has 0 aliphatic rings. The van der Waals surface area contributed by atoms with Crippen LogP contribution in [0, 0.1) is 0 Å².